The van der Waals surface area contributed by atoms with Crippen molar-refractivity contribution in [3.05, 3.63) is 29.0 Å². The molecule has 0 spiro atoms. The molecular formula is C10H10ClN3O2. The van der Waals surface area contributed by atoms with Gasteiger partial charge in [0, 0.05) is 17.8 Å². The van der Waals surface area contributed by atoms with Gasteiger partial charge in [-0.25, -0.2) is 0 Å². The lowest BCUT2D eigenvalue weighted by Gasteiger charge is -2.24. The number of rotatable bonds is 2. The predicted octanol–water partition coefficient (Wildman–Crippen LogP) is 0.193. The first kappa shape index (κ1) is 11.0. The van der Waals surface area contributed by atoms with E-state index in [2.05, 4.69) is 10.3 Å². The Balaban J connectivity index is 2.04. The third-order valence-electron chi connectivity index (χ3n) is 2.18. The fourth-order valence-electron chi connectivity index (χ4n) is 1.57. The Hall–Kier alpha value is -1.46. The molecule has 0 radical (unpaired) electrons. The van der Waals surface area contributed by atoms with Crippen LogP contribution in [0, 0.1) is 0 Å². The number of halogens is 1. The molecule has 0 aromatic carbocycles. The van der Waals surface area contributed by atoms with Crippen LogP contribution in [0.3, 0.4) is 0 Å². The molecule has 5 nitrogen and oxygen atoms in total. The molecule has 2 rings (SSSR count). The van der Waals surface area contributed by atoms with Gasteiger partial charge in [-0.2, -0.15) is 0 Å². The number of carbonyl (C=O) groups is 2. The van der Waals surface area contributed by atoms with E-state index >= 15 is 0 Å². The standard InChI is InChI=1S/C10H10ClN3O2/c11-7-1-2-12-8(3-7)4-14-5-9(15)13-10(16)6-14/h1-3H,4-6H2,(H,13,15,16). The number of hydrogen-bond acceptors (Lipinski definition) is 4. The van der Waals surface area contributed by atoms with Crippen LogP contribution in [-0.2, 0) is 16.1 Å². The highest BCUT2D eigenvalue weighted by molar-refractivity contribution is 6.30. The Morgan fingerprint density at radius 3 is 2.69 bits per heavy atom. The maximum Gasteiger partial charge on any atom is 0.240 e. The second kappa shape index (κ2) is 4.59. The Bertz CT molecular complexity index is 420. The Morgan fingerprint density at radius 1 is 1.38 bits per heavy atom. The van der Waals surface area contributed by atoms with Crippen LogP contribution in [0.4, 0.5) is 0 Å². The van der Waals surface area contributed by atoms with Gasteiger partial charge in [0.2, 0.25) is 11.8 Å². The molecule has 1 aliphatic rings. The van der Waals surface area contributed by atoms with Gasteiger partial charge < -0.3 is 0 Å². The molecule has 0 atom stereocenters. The summed E-state index contributed by atoms with van der Waals surface area (Å²) in [5, 5.41) is 2.84. The van der Waals surface area contributed by atoms with E-state index in [9.17, 15) is 9.59 Å². The van der Waals surface area contributed by atoms with E-state index in [1.165, 1.54) is 0 Å². The van der Waals surface area contributed by atoms with Gasteiger partial charge >= 0.3 is 0 Å². The van der Waals surface area contributed by atoms with Crippen LogP contribution in [0.25, 0.3) is 0 Å². The third kappa shape index (κ3) is 2.77. The molecule has 1 saturated heterocycles. The van der Waals surface area contributed by atoms with E-state index in [0.717, 1.165) is 5.69 Å². The van der Waals surface area contributed by atoms with Gasteiger partial charge in [0.15, 0.2) is 0 Å². The first-order valence-electron chi connectivity index (χ1n) is 4.79. The Kier molecular flexibility index (Phi) is 3.17. The quantitative estimate of drug-likeness (QED) is 0.749. The summed E-state index contributed by atoms with van der Waals surface area (Å²) in [7, 11) is 0. The SMILES string of the molecule is O=C1CN(Cc2cc(Cl)ccn2)CC(=O)N1. The van der Waals surface area contributed by atoms with Crippen LogP contribution in [0.1, 0.15) is 5.69 Å². The average Bonchev–Trinajstić information content (AvgIpc) is 2.15. The smallest absolute Gasteiger partial charge is 0.240 e. The molecule has 0 bridgehead atoms. The minimum Gasteiger partial charge on any atom is -0.294 e. The van der Waals surface area contributed by atoms with Gasteiger partial charge in [0.25, 0.3) is 0 Å². The van der Waals surface area contributed by atoms with Crippen LogP contribution >= 0.6 is 11.6 Å². The summed E-state index contributed by atoms with van der Waals surface area (Å²) in [4.78, 5) is 28.1. The fraction of sp³-hybridized carbons (Fsp3) is 0.300. The van der Waals surface area contributed by atoms with E-state index in [-0.39, 0.29) is 24.9 Å². The summed E-state index contributed by atoms with van der Waals surface area (Å²) in [5.74, 6) is -0.559. The van der Waals surface area contributed by atoms with Crippen molar-refractivity contribution in [2.75, 3.05) is 13.1 Å². The van der Waals surface area contributed by atoms with Crippen molar-refractivity contribution in [1.82, 2.24) is 15.2 Å². The van der Waals surface area contributed by atoms with Crippen LogP contribution in [0.2, 0.25) is 5.02 Å². The van der Waals surface area contributed by atoms with Crippen molar-refractivity contribution in [1.29, 1.82) is 0 Å². The first-order valence-corrected chi connectivity index (χ1v) is 5.17. The van der Waals surface area contributed by atoms with Crippen molar-refractivity contribution in [3.63, 3.8) is 0 Å². The molecule has 1 aromatic heterocycles. The summed E-state index contributed by atoms with van der Waals surface area (Å²) in [6.07, 6.45) is 1.60. The van der Waals surface area contributed by atoms with E-state index in [4.69, 9.17) is 11.6 Å². The van der Waals surface area contributed by atoms with Gasteiger partial charge in [0.05, 0.1) is 18.8 Å². The number of aromatic nitrogens is 1. The molecule has 6 heteroatoms. The monoisotopic (exact) mass is 239 g/mol. The maximum atomic E-state index is 11.1. The largest absolute Gasteiger partial charge is 0.294 e. The van der Waals surface area contributed by atoms with Crippen molar-refractivity contribution in [2.45, 2.75) is 6.54 Å². The Morgan fingerprint density at radius 2 is 2.06 bits per heavy atom. The minimum atomic E-state index is -0.279. The lowest BCUT2D eigenvalue weighted by molar-refractivity contribution is -0.136. The number of hydrogen-bond donors (Lipinski definition) is 1. The molecule has 2 heterocycles. The zero-order chi connectivity index (χ0) is 11.5. The summed E-state index contributed by atoms with van der Waals surface area (Å²) in [6, 6.07) is 3.40. The number of nitrogens with one attached hydrogen (secondary N) is 1. The predicted molar refractivity (Wildman–Crippen MR) is 57.7 cm³/mol. The number of nitrogens with zero attached hydrogens (tertiary/aromatic N) is 2. The van der Waals surface area contributed by atoms with Crippen molar-refractivity contribution >= 4 is 23.4 Å². The second-order valence-corrected chi connectivity index (χ2v) is 4.02. The van der Waals surface area contributed by atoms with Crippen molar-refractivity contribution in [2.24, 2.45) is 0 Å². The van der Waals surface area contributed by atoms with Gasteiger partial charge in [0.1, 0.15) is 0 Å². The van der Waals surface area contributed by atoms with E-state index in [1.807, 2.05) is 0 Å². The number of amides is 2. The topological polar surface area (TPSA) is 62.3 Å². The van der Waals surface area contributed by atoms with E-state index < -0.39 is 0 Å². The van der Waals surface area contributed by atoms with E-state index in [1.54, 1.807) is 23.2 Å². The van der Waals surface area contributed by atoms with Crippen LogP contribution < -0.4 is 5.32 Å². The van der Waals surface area contributed by atoms with Crippen molar-refractivity contribution in [3.8, 4) is 0 Å². The molecule has 16 heavy (non-hydrogen) atoms. The van der Waals surface area contributed by atoms with Crippen molar-refractivity contribution < 1.29 is 9.59 Å². The lowest BCUT2D eigenvalue weighted by atomic mass is 10.3. The highest BCUT2D eigenvalue weighted by Gasteiger charge is 2.22. The average molecular weight is 240 g/mol. The maximum absolute atomic E-state index is 11.1. The number of imide groups is 1. The molecule has 1 aromatic rings. The third-order valence-corrected chi connectivity index (χ3v) is 2.41. The molecule has 84 valence electrons. The lowest BCUT2D eigenvalue weighted by Crippen LogP contribution is -2.50. The molecule has 1 fully saturated rings. The van der Waals surface area contributed by atoms with Gasteiger partial charge in [-0.3, -0.25) is 24.8 Å². The molecule has 0 saturated carbocycles. The number of piperazine rings is 1. The highest BCUT2D eigenvalue weighted by atomic mass is 35.5. The molecule has 1 aliphatic heterocycles. The molecule has 1 N–H and O–H groups in total. The number of carbonyl (C=O) groups excluding carboxylic acids is 2. The van der Waals surface area contributed by atoms with Gasteiger partial charge in [-0.05, 0) is 12.1 Å². The van der Waals surface area contributed by atoms with Crippen LogP contribution in [0.5, 0.6) is 0 Å². The van der Waals surface area contributed by atoms with Crippen LogP contribution in [0.15, 0.2) is 18.3 Å². The highest BCUT2D eigenvalue weighted by Crippen LogP contribution is 2.10. The summed E-state index contributed by atoms with van der Waals surface area (Å²) in [5.41, 5.74) is 0.745. The van der Waals surface area contributed by atoms with E-state index in [0.29, 0.717) is 11.6 Å². The van der Waals surface area contributed by atoms with Crippen LogP contribution in [-0.4, -0.2) is 34.8 Å². The normalized spacial score (nSPS) is 17.3. The van der Waals surface area contributed by atoms with Gasteiger partial charge in [-0.1, -0.05) is 11.6 Å². The second-order valence-electron chi connectivity index (χ2n) is 3.58. The molecule has 0 unspecified atom stereocenters. The zero-order valence-corrected chi connectivity index (χ0v) is 9.20. The molecular weight excluding hydrogens is 230 g/mol. The summed E-state index contributed by atoms with van der Waals surface area (Å²) in [6.45, 7) is 0.861. The molecule has 2 amide bonds. The minimum absolute atomic E-state index is 0.208. The van der Waals surface area contributed by atoms with Gasteiger partial charge in [-0.15, -0.1) is 0 Å². The Labute approximate surface area is 97.4 Å². The fourth-order valence-corrected chi connectivity index (χ4v) is 1.76. The summed E-state index contributed by atoms with van der Waals surface area (Å²) < 4.78 is 0. The summed E-state index contributed by atoms with van der Waals surface area (Å²) >= 11 is 5.82. The molecule has 0 aliphatic carbocycles. The zero-order valence-electron chi connectivity index (χ0n) is 8.44. The first-order chi connectivity index (χ1) is 7.63. The number of pyridine rings is 1.